The molecule has 0 unspecified atom stereocenters. The Morgan fingerprint density at radius 3 is 1.74 bits per heavy atom. The van der Waals surface area contributed by atoms with Crippen molar-refractivity contribution in [2.45, 2.75) is 0 Å². The topological polar surface area (TPSA) is 3.24 Å². The van der Waals surface area contributed by atoms with E-state index >= 15 is 0 Å². The van der Waals surface area contributed by atoms with Crippen molar-refractivity contribution in [2.24, 2.45) is 0 Å². The van der Waals surface area contributed by atoms with Crippen molar-refractivity contribution in [3.05, 3.63) is 152 Å². The van der Waals surface area contributed by atoms with E-state index in [9.17, 15) is 0 Å². The number of hydrogen-bond donors (Lipinski definition) is 0. The van der Waals surface area contributed by atoms with Crippen molar-refractivity contribution in [1.82, 2.24) is 0 Å². The maximum Gasteiger partial charge on any atom is 0.0546 e. The number of para-hydroxylation sites is 1. The molecule has 8 aromatic carbocycles. The Balaban J connectivity index is 1.53. The molecular weight excluding hydrogens is 470 g/mol. The molecule has 0 aliphatic rings. The first-order valence-electron chi connectivity index (χ1n) is 13.5. The third-order valence-electron chi connectivity index (χ3n) is 7.97. The monoisotopic (exact) mass is 495 g/mol. The largest absolute Gasteiger partial charge is 0.310 e. The van der Waals surface area contributed by atoms with E-state index in [0.29, 0.717) is 0 Å². The second-order valence-corrected chi connectivity index (χ2v) is 10.2. The average molecular weight is 496 g/mol. The summed E-state index contributed by atoms with van der Waals surface area (Å²) < 4.78 is 0. The van der Waals surface area contributed by atoms with E-state index in [1.54, 1.807) is 0 Å². The van der Waals surface area contributed by atoms with Gasteiger partial charge in [-0.15, -0.1) is 0 Å². The van der Waals surface area contributed by atoms with E-state index in [0.717, 1.165) is 11.4 Å². The molecule has 0 radical (unpaired) electrons. The zero-order valence-corrected chi connectivity index (χ0v) is 21.4. The lowest BCUT2D eigenvalue weighted by atomic mass is 9.92. The van der Waals surface area contributed by atoms with Crippen molar-refractivity contribution < 1.29 is 0 Å². The van der Waals surface area contributed by atoms with Crippen LogP contribution in [0, 0.1) is 0 Å². The molecule has 8 aromatic rings. The van der Waals surface area contributed by atoms with Crippen molar-refractivity contribution in [3.8, 4) is 0 Å². The minimum absolute atomic E-state index is 1.14. The Bertz CT molecular complexity index is 2180. The zero-order valence-electron chi connectivity index (χ0n) is 21.4. The van der Waals surface area contributed by atoms with Gasteiger partial charge in [0.1, 0.15) is 0 Å². The quantitative estimate of drug-likeness (QED) is 0.220. The highest BCUT2D eigenvalue weighted by molar-refractivity contribution is 6.27. The van der Waals surface area contributed by atoms with Gasteiger partial charge in [0, 0.05) is 16.8 Å². The zero-order chi connectivity index (χ0) is 25.8. The molecule has 182 valence electrons. The molecule has 0 spiro atoms. The summed E-state index contributed by atoms with van der Waals surface area (Å²) in [5.41, 5.74) is 3.47. The van der Waals surface area contributed by atoms with Crippen LogP contribution in [0.1, 0.15) is 0 Å². The van der Waals surface area contributed by atoms with Gasteiger partial charge in [-0.2, -0.15) is 0 Å². The fraction of sp³-hybridized carbons (Fsp3) is 0. The van der Waals surface area contributed by atoms with E-state index < -0.39 is 0 Å². The smallest absolute Gasteiger partial charge is 0.0546 e. The van der Waals surface area contributed by atoms with Crippen LogP contribution in [-0.2, 0) is 0 Å². The van der Waals surface area contributed by atoms with E-state index in [-0.39, 0.29) is 0 Å². The highest BCUT2D eigenvalue weighted by Crippen LogP contribution is 2.44. The molecule has 0 fully saturated rings. The van der Waals surface area contributed by atoms with Gasteiger partial charge >= 0.3 is 0 Å². The normalized spacial score (nSPS) is 11.6. The fourth-order valence-electron chi connectivity index (χ4n) is 6.17. The van der Waals surface area contributed by atoms with Gasteiger partial charge in [-0.3, -0.25) is 0 Å². The predicted molar refractivity (Wildman–Crippen MR) is 169 cm³/mol. The molecule has 39 heavy (non-hydrogen) atoms. The summed E-state index contributed by atoms with van der Waals surface area (Å²) in [7, 11) is 0. The lowest BCUT2D eigenvalue weighted by Crippen LogP contribution is -2.10. The summed E-state index contributed by atoms with van der Waals surface area (Å²) in [5, 5.41) is 12.7. The van der Waals surface area contributed by atoms with Gasteiger partial charge in [-0.05, 0) is 78.8 Å². The van der Waals surface area contributed by atoms with Gasteiger partial charge in [0.05, 0.1) is 5.69 Å². The first-order chi connectivity index (χ1) is 19.3. The van der Waals surface area contributed by atoms with Crippen LogP contribution in [-0.4, -0.2) is 0 Å². The van der Waals surface area contributed by atoms with Crippen LogP contribution in [0.15, 0.2) is 152 Å². The third-order valence-corrected chi connectivity index (χ3v) is 7.97. The van der Waals surface area contributed by atoms with Crippen molar-refractivity contribution in [1.29, 1.82) is 0 Å². The van der Waals surface area contributed by atoms with Gasteiger partial charge in [0.15, 0.2) is 0 Å². The van der Waals surface area contributed by atoms with Gasteiger partial charge in [0.25, 0.3) is 0 Å². The molecule has 0 amide bonds. The Hall–Kier alpha value is -5.14. The highest BCUT2D eigenvalue weighted by atomic mass is 15.1. The number of anilines is 3. The van der Waals surface area contributed by atoms with Gasteiger partial charge in [-0.1, -0.05) is 121 Å². The summed E-state index contributed by atoms with van der Waals surface area (Å²) in [6.45, 7) is 0. The molecule has 0 aromatic heterocycles. The standard InChI is InChI=1S/C38H25N/c1-2-13-30(14-3-1)39(31-22-20-26-10-4-5-12-29(26)24-31)37-25-36-34(33-16-8-9-17-35(33)37)23-21-28-19-18-27-11-6-7-15-32(27)38(28)36/h1-25H. The summed E-state index contributed by atoms with van der Waals surface area (Å²) in [5.74, 6) is 0. The van der Waals surface area contributed by atoms with Gasteiger partial charge in [-0.25, -0.2) is 0 Å². The second kappa shape index (κ2) is 8.72. The molecule has 0 heterocycles. The summed E-state index contributed by atoms with van der Waals surface area (Å²) >= 11 is 0. The van der Waals surface area contributed by atoms with Crippen LogP contribution in [0.3, 0.4) is 0 Å². The summed E-state index contributed by atoms with van der Waals surface area (Å²) in [6.07, 6.45) is 0. The summed E-state index contributed by atoms with van der Waals surface area (Å²) in [6, 6.07) is 55.1. The second-order valence-electron chi connectivity index (χ2n) is 10.2. The van der Waals surface area contributed by atoms with Crippen molar-refractivity contribution >= 4 is 70.9 Å². The maximum atomic E-state index is 2.41. The lowest BCUT2D eigenvalue weighted by Gasteiger charge is -2.28. The molecule has 0 atom stereocenters. The molecular formula is C38H25N. The molecule has 0 saturated heterocycles. The van der Waals surface area contributed by atoms with Crippen molar-refractivity contribution in [3.63, 3.8) is 0 Å². The average Bonchev–Trinajstić information content (AvgIpc) is 3.01. The van der Waals surface area contributed by atoms with Gasteiger partial charge in [0.2, 0.25) is 0 Å². The number of fused-ring (bicyclic) bond motifs is 8. The van der Waals surface area contributed by atoms with E-state index in [1.165, 1.54) is 59.5 Å². The molecule has 1 nitrogen and oxygen atoms in total. The van der Waals surface area contributed by atoms with Gasteiger partial charge < -0.3 is 4.90 Å². The van der Waals surface area contributed by atoms with Crippen LogP contribution in [0.25, 0.3) is 53.9 Å². The molecule has 0 aliphatic heterocycles. The minimum atomic E-state index is 1.14. The summed E-state index contributed by atoms with van der Waals surface area (Å²) in [4.78, 5) is 2.41. The highest BCUT2D eigenvalue weighted by Gasteiger charge is 2.18. The van der Waals surface area contributed by atoms with E-state index in [2.05, 4.69) is 157 Å². The fourth-order valence-corrected chi connectivity index (χ4v) is 6.17. The predicted octanol–water partition coefficient (Wildman–Crippen LogP) is 10.9. The van der Waals surface area contributed by atoms with Crippen LogP contribution >= 0.6 is 0 Å². The number of nitrogens with zero attached hydrogens (tertiary/aromatic N) is 1. The Morgan fingerprint density at radius 1 is 0.308 bits per heavy atom. The first-order valence-corrected chi connectivity index (χ1v) is 13.5. The van der Waals surface area contributed by atoms with Crippen LogP contribution < -0.4 is 4.90 Å². The molecule has 0 bridgehead atoms. The van der Waals surface area contributed by atoms with Crippen molar-refractivity contribution in [2.75, 3.05) is 4.90 Å². The lowest BCUT2D eigenvalue weighted by molar-refractivity contribution is 1.31. The first kappa shape index (κ1) is 21.9. The van der Waals surface area contributed by atoms with E-state index in [4.69, 9.17) is 0 Å². The molecule has 1 heteroatoms. The Morgan fingerprint density at radius 2 is 0.897 bits per heavy atom. The molecule has 0 N–H and O–H groups in total. The van der Waals surface area contributed by atoms with Crippen LogP contribution in [0.5, 0.6) is 0 Å². The van der Waals surface area contributed by atoms with Crippen LogP contribution in [0.4, 0.5) is 17.1 Å². The molecule has 0 saturated carbocycles. The Kier molecular flexibility index (Phi) is 4.89. The number of rotatable bonds is 3. The van der Waals surface area contributed by atoms with E-state index in [1.807, 2.05) is 0 Å². The maximum absolute atomic E-state index is 2.41. The molecule has 8 rings (SSSR count). The molecule has 0 aliphatic carbocycles. The third kappa shape index (κ3) is 3.48. The van der Waals surface area contributed by atoms with Crippen LogP contribution in [0.2, 0.25) is 0 Å². The SMILES string of the molecule is c1ccc(N(c2ccc3ccccc3c2)c2cc3c(ccc4ccc5ccccc5c43)c3ccccc23)cc1. The minimum Gasteiger partial charge on any atom is -0.310 e. The number of hydrogen-bond acceptors (Lipinski definition) is 1. The Labute approximate surface area is 227 Å². The number of benzene rings is 8.